The van der Waals surface area contributed by atoms with E-state index >= 15 is 0 Å². The number of aryl methyl sites for hydroxylation is 1. The molecule has 4 aromatic rings. The molecule has 0 aliphatic carbocycles. The van der Waals surface area contributed by atoms with Crippen LogP contribution in [0.25, 0.3) is 10.2 Å². The van der Waals surface area contributed by atoms with Gasteiger partial charge in [0.05, 0.1) is 27.7 Å². The van der Waals surface area contributed by atoms with Gasteiger partial charge in [-0.25, -0.2) is 9.97 Å². The van der Waals surface area contributed by atoms with Crippen molar-refractivity contribution in [3.63, 3.8) is 0 Å². The molecule has 1 aliphatic heterocycles. The third-order valence-corrected chi connectivity index (χ3v) is 6.92. The minimum absolute atomic E-state index is 0.00211. The highest BCUT2D eigenvalue weighted by Crippen LogP contribution is 2.36. The van der Waals surface area contributed by atoms with Gasteiger partial charge in [-0.15, -0.1) is 11.3 Å². The average molecular weight is 484 g/mol. The molecule has 34 heavy (non-hydrogen) atoms. The summed E-state index contributed by atoms with van der Waals surface area (Å²) in [6.07, 6.45) is -0.119. The number of pyridine rings is 1. The molecule has 1 aromatic carbocycles. The maximum Gasteiger partial charge on any atom is 0.417 e. The highest BCUT2D eigenvalue weighted by atomic mass is 32.1. The van der Waals surface area contributed by atoms with Crippen LogP contribution in [0, 0.1) is 6.92 Å². The molecule has 5 rings (SSSR count). The lowest BCUT2D eigenvalue weighted by Gasteiger charge is -2.19. The molecule has 1 saturated heterocycles. The normalized spacial score (nSPS) is 16.2. The first-order valence-electron chi connectivity index (χ1n) is 10.7. The third kappa shape index (κ3) is 4.33. The number of hydrogen-bond donors (Lipinski definition) is 1. The van der Waals surface area contributed by atoms with Gasteiger partial charge in [0, 0.05) is 30.8 Å². The molecule has 10 heteroatoms. The second kappa shape index (κ2) is 8.68. The standard InChI is InChI=1S/C24H20F3N5OS/c1-14-2-3-15(23(33)31-18-9-17(10-28-11-18)24(25,26)27)8-19(14)16-4-6-32(12-16)22-21-20(5-7-34-21)29-13-30-22/h2-3,5,7-11,13,16H,4,6,12H2,1H3,(H,31,33)/t16-/m1/s1. The number of benzene rings is 1. The van der Waals surface area contributed by atoms with Crippen LogP contribution in [0.3, 0.4) is 0 Å². The Labute approximate surface area is 197 Å². The summed E-state index contributed by atoms with van der Waals surface area (Å²) in [5, 5.41) is 4.53. The Bertz CT molecular complexity index is 1370. The van der Waals surface area contributed by atoms with Crippen LogP contribution in [-0.2, 0) is 6.18 Å². The molecule has 1 atom stereocenters. The first kappa shape index (κ1) is 22.3. The average Bonchev–Trinajstić information content (AvgIpc) is 3.49. The fourth-order valence-electron chi connectivity index (χ4n) is 4.30. The zero-order chi connectivity index (χ0) is 23.9. The van der Waals surface area contributed by atoms with Crippen LogP contribution in [-0.4, -0.2) is 33.9 Å². The molecule has 0 bridgehead atoms. The van der Waals surface area contributed by atoms with Crippen molar-refractivity contribution < 1.29 is 18.0 Å². The Morgan fingerprint density at radius 1 is 1.18 bits per heavy atom. The Hall–Kier alpha value is -3.53. The quantitative estimate of drug-likeness (QED) is 0.406. The maximum atomic E-state index is 13.0. The minimum Gasteiger partial charge on any atom is -0.355 e. The van der Waals surface area contributed by atoms with Gasteiger partial charge in [-0.1, -0.05) is 6.07 Å². The summed E-state index contributed by atoms with van der Waals surface area (Å²) in [6.45, 7) is 3.59. The number of carbonyl (C=O) groups is 1. The first-order chi connectivity index (χ1) is 16.3. The number of nitrogens with one attached hydrogen (secondary N) is 1. The van der Waals surface area contributed by atoms with Crippen LogP contribution in [0.4, 0.5) is 24.7 Å². The fourth-order valence-corrected chi connectivity index (χ4v) is 5.16. The van der Waals surface area contributed by atoms with Crippen molar-refractivity contribution in [1.82, 2.24) is 15.0 Å². The second-order valence-electron chi connectivity index (χ2n) is 8.25. The molecule has 4 heterocycles. The number of rotatable bonds is 4. The number of alkyl halides is 3. The van der Waals surface area contributed by atoms with Gasteiger partial charge in [0.25, 0.3) is 5.91 Å². The summed E-state index contributed by atoms with van der Waals surface area (Å²) in [4.78, 5) is 27.5. The molecule has 174 valence electrons. The molecule has 0 unspecified atom stereocenters. The number of aromatic nitrogens is 3. The summed E-state index contributed by atoms with van der Waals surface area (Å²) in [6, 6.07) is 8.24. The number of amides is 1. The number of nitrogens with zero attached hydrogens (tertiary/aromatic N) is 4. The minimum atomic E-state index is -4.53. The van der Waals surface area contributed by atoms with Gasteiger partial charge < -0.3 is 10.2 Å². The second-order valence-corrected chi connectivity index (χ2v) is 9.17. The van der Waals surface area contributed by atoms with Crippen LogP contribution in [0.5, 0.6) is 0 Å². The molecular weight excluding hydrogens is 463 g/mol. The Kier molecular flexibility index (Phi) is 5.68. The molecule has 6 nitrogen and oxygen atoms in total. The van der Waals surface area contributed by atoms with Crippen LogP contribution in [0.1, 0.15) is 39.4 Å². The number of thiophene rings is 1. The Morgan fingerprint density at radius 2 is 2.03 bits per heavy atom. The van der Waals surface area contributed by atoms with Crippen LogP contribution >= 0.6 is 11.3 Å². The molecular formula is C24H20F3N5OS. The van der Waals surface area contributed by atoms with Gasteiger partial charge in [0.1, 0.15) is 12.1 Å². The lowest BCUT2D eigenvalue weighted by Crippen LogP contribution is -2.21. The molecule has 1 fully saturated rings. The van der Waals surface area contributed by atoms with E-state index in [2.05, 4.69) is 25.2 Å². The smallest absolute Gasteiger partial charge is 0.355 e. The van der Waals surface area contributed by atoms with Gasteiger partial charge in [-0.2, -0.15) is 13.2 Å². The van der Waals surface area contributed by atoms with Crippen molar-refractivity contribution >= 4 is 39.0 Å². The largest absolute Gasteiger partial charge is 0.417 e. The van der Waals surface area contributed by atoms with E-state index in [0.717, 1.165) is 58.9 Å². The predicted molar refractivity (Wildman–Crippen MR) is 125 cm³/mol. The van der Waals surface area contributed by atoms with Crippen molar-refractivity contribution in [1.29, 1.82) is 0 Å². The summed E-state index contributed by atoms with van der Waals surface area (Å²) in [7, 11) is 0. The van der Waals surface area contributed by atoms with E-state index in [-0.39, 0.29) is 11.6 Å². The highest BCUT2D eigenvalue weighted by Gasteiger charge is 2.31. The summed E-state index contributed by atoms with van der Waals surface area (Å²) >= 11 is 1.62. The number of hydrogen-bond acceptors (Lipinski definition) is 6. The summed E-state index contributed by atoms with van der Waals surface area (Å²) in [5.41, 5.74) is 2.52. The molecule has 1 N–H and O–H groups in total. The molecule has 1 aliphatic rings. The monoisotopic (exact) mass is 483 g/mol. The highest BCUT2D eigenvalue weighted by molar-refractivity contribution is 7.17. The van der Waals surface area contributed by atoms with Gasteiger partial charge in [-0.3, -0.25) is 9.78 Å². The SMILES string of the molecule is Cc1ccc(C(=O)Nc2cncc(C(F)(F)F)c2)cc1[C@@H]1CCN(c2ncnc3ccsc23)C1. The van der Waals surface area contributed by atoms with E-state index in [9.17, 15) is 18.0 Å². The van der Waals surface area contributed by atoms with E-state index in [1.165, 1.54) is 6.20 Å². The van der Waals surface area contributed by atoms with Crippen molar-refractivity contribution in [2.45, 2.75) is 25.4 Å². The molecule has 0 radical (unpaired) electrons. The maximum absolute atomic E-state index is 13.0. The molecule has 0 saturated carbocycles. The van der Waals surface area contributed by atoms with E-state index in [0.29, 0.717) is 5.56 Å². The Morgan fingerprint density at radius 3 is 2.85 bits per heavy atom. The summed E-state index contributed by atoms with van der Waals surface area (Å²) in [5.74, 6) is 0.646. The Balaban J connectivity index is 1.35. The van der Waals surface area contributed by atoms with Crippen LogP contribution < -0.4 is 10.2 Å². The van der Waals surface area contributed by atoms with Crippen molar-refractivity contribution in [3.8, 4) is 0 Å². The lowest BCUT2D eigenvalue weighted by molar-refractivity contribution is -0.137. The molecule has 3 aromatic heterocycles. The number of anilines is 2. The number of carbonyl (C=O) groups excluding carboxylic acids is 1. The zero-order valence-electron chi connectivity index (χ0n) is 18.1. The van der Waals surface area contributed by atoms with Gasteiger partial charge >= 0.3 is 6.18 Å². The lowest BCUT2D eigenvalue weighted by atomic mass is 9.92. The van der Waals surface area contributed by atoms with Gasteiger partial charge in [0.2, 0.25) is 0 Å². The predicted octanol–water partition coefficient (Wildman–Crippen LogP) is 5.66. The number of fused-ring (bicyclic) bond motifs is 1. The van der Waals surface area contributed by atoms with Crippen molar-refractivity contribution in [2.24, 2.45) is 0 Å². The first-order valence-corrected chi connectivity index (χ1v) is 11.5. The van der Waals surface area contributed by atoms with Gasteiger partial charge in [-0.05, 0) is 54.1 Å². The van der Waals surface area contributed by atoms with Crippen LogP contribution in [0.2, 0.25) is 0 Å². The van der Waals surface area contributed by atoms with E-state index in [4.69, 9.17) is 0 Å². The van der Waals surface area contributed by atoms with Crippen molar-refractivity contribution in [3.05, 3.63) is 76.7 Å². The van der Waals surface area contributed by atoms with Gasteiger partial charge in [0.15, 0.2) is 0 Å². The topological polar surface area (TPSA) is 71.0 Å². The zero-order valence-corrected chi connectivity index (χ0v) is 19.0. The van der Waals surface area contributed by atoms with E-state index < -0.39 is 17.6 Å². The van der Waals surface area contributed by atoms with Crippen molar-refractivity contribution in [2.75, 3.05) is 23.3 Å². The molecule has 0 spiro atoms. The number of halogens is 3. The van der Waals surface area contributed by atoms with E-state index in [1.807, 2.05) is 30.5 Å². The summed E-state index contributed by atoms with van der Waals surface area (Å²) < 4.78 is 39.9. The van der Waals surface area contributed by atoms with Crippen LogP contribution in [0.15, 0.2) is 54.4 Å². The third-order valence-electron chi connectivity index (χ3n) is 6.02. The molecule has 1 amide bonds. The fraction of sp³-hybridized carbons (Fsp3) is 0.250. The van der Waals surface area contributed by atoms with E-state index in [1.54, 1.807) is 23.7 Å².